The highest BCUT2D eigenvalue weighted by Gasteiger charge is 2.68. The molecule has 9 bridgehead atoms. The fraction of sp³-hybridized carbons (Fsp3) is 0.708. The van der Waals surface area contributed by atoms with E-state index in [-0.39, 0.29) is 40.0 Å². The van der Waals surface area contributed by atoms with Crippen LogP contribution in [0.1, 0.15) is 110 Å². The lowest BCUT2D eigenvalue weighted by atomic mass is 9.40. The van der Waals surface area contributed by atoms with E-state index >= 15 is 0 Å². The highest BCUT2D eigenvalue weighted by atomic mass is 16.3. The van der Waals surface area contributed by atoms with Gasteiger partial charge in [-0.3, -0.25) is 0 Å². The van der Waals surface area contributed by atoms with E-state index in [4.69, 9.17) is 0 Å². The van der Waals surface area contributed by atoms with Crippen LogP contribution >= 0.6 is 0 Å². The molecule has 0 unspecified atom stereocenters. The molecule has 6 fully saturated rings. The molecule has 280 valence electrons. The first-order chi connectivity index (χ1) is 24.8. The van der Waals surface area contributed by atoms with E-state index in [1.807, 2.05) is 6.92 Å². The predicted octanol–water partition coefficient (Wildman–Crippen LogP) is 8.50. The average Bonchev–Trinajstić information content (AvgIpc) is 3.72. The summed E-state index contributed by atoms with van der Waals surface area (Å²) in [5.41, 5.74) is 10.1. The van der Waals surface area contributed by atoms with Crippen molar-refractivity contribution in [2.45, 2.75) is 141 Å². The van der Waals surface area contributed by atoms with E-state index in [2.05, 4.69) is 87.4 Å². The molecule has 16 atom stereocenters. The third-order valence-electron chi connectivity index (χ3n) is 18.2. The lowest BCUT2D eigenvalue weighted by Gasteiger charge is -2.64. The molecule has 0 amide bonds. The topological polar surface area (TPSA) is 64.5 Å². The van der Waals surface area contributed by atoms with Crippen LogP contribution in [0.15, 0.2) is 71.4 Å². The lowest BCUT2D eigenvalue weighted by molar-refractivity contribution is -0.0299. The van der Waals surface area contributed by atoms with Crippen molar-refractivity contribution in [2.75, 3.05) is 6.54 Å². The summed E-state index contributed by atoms with van der Waals surface area (Å²) in [5, 5.41) is 29.7. The molecule has 1 aromatic rings. The lowest BCUT2D eigenvalue weighted by Crippen LogP contribution is -2.64. The van der Waals surface area contributed by atoms with Crippen molar-refractivity contribution in [3.63, 3.8) is 0 Å². The Morgan fingerprint density at radius 2 is 1.83 bits per heavy atom. The molecular formula is C48H66N2O2. The molecule has 5 saturated carbocycles. The van der Waals surface area contributed by atoms with Crippen LogP contribution < -0.4 is 10.6 Å². The van der Waals surface area contributed by atoms with Gasteiger partial charge in [-0.15, -0.1) is 0 Å². The standard InChI is InChI=1S/C48H66N2O2/c1-27(2)47-11-10-37-16-32-14-30-8-7-9-31(13-30)15-34-20-41(36-12-28(3)40(24-47)45(5,23-36)48(37,22-32)26-47)50-46(6)39(34)18-35-17-33-19-42(49-25-29(4)51)43(52)21-38(33)44(35)46/h7-13,29,32-35,37-39,41-44,49-52H,1,14-26H2,2-6H3/t29-,32+,33-,34-,35+,37-,38+,39+,41+,42+,43+,44-,45-,46-,47-,48-/m0/s1. The Morgan fingerprint density at radius 3 is 2.62 bits per heavy atom. The molecule has 10 rings (SSSR count). The maximum Gasteiger partial charge on any atom is 0.0696 e. The fourth-order valence-electron chi connectivity index (χ4n) is 16.2. The Kier molecular flexibility index (Phi) is 7.81. The van der Waals surface area contributed by atoms with Crippen LogP contribution in [0, 0.1) is 63.6 Å². The van der Waals surface area contributed by atoms with E-state index in [1.165, 1.54) is 63.4 Å². The first-order valence-corrected chi connectivity index (χ1v) is 21.5. The van der Waals surface area contributed by atoms with Gasteiger partial charge in [0.05, 0.1) is 12.2 Å². The number of aliphatic hydroxyl groups excluding tert-OH is 2. The molecule has 1 spiro atoms. The van der Waals surface area contributed by atoms with Crippen molar-refractivity contribution in [3.8, 4) is 0 Å². The minimum atomic E-state index is -0.383. The van der Waals surface area contributed by atoms with Gasteiger partial charge < -0.3 is 20.8 Å². The van der Waals surface area contributed by atoms with E-state index < -0.39 is 0 Å². The normalized spacial score (nSPS) is 50.2. The molecule has 0 aromatic heterocycles. The number of hydrogen-bond acceptors (Lipinski definition) is 4. The van der Waals surface area contributed by atoms with Crippen LogP contribution in [0.3, 0.4) is 0 Å². The van der Waals surface area contributed by atoms with Gasteiger partial charge in [0.25, 0.3) is 0 Å². The molecule has 9 aliphatic rings. The summed E-state index contributed by atoms with van der Waals surface area (Å²) in [4.78, 5) is 0. The molecule has 4 heteroatoms. The number of hydrogen-bond donors (Lipinski definition) is 4. The number of rotatable bonds is 4. The van der Waals surface area contributed by atoms with Gasteiger partial charge in [-0.2, -0.15) is 0 Å². The summed E-state index contributed by atoms with van der Waals surface area (Å²) in [7, 11) is 0. The fourth-order valence-corrected chi connectivity index (χ4v) is 16.2. The number of benzene rings is 1. The quantitative estimate of drug-likeness (QED) is 0.238. The average molecular weight is 703 g/mol. The van der Waals surface area contributed by atoms with Crippen molar-refractivity contribution < 1.29 is 10.2 Å². The van der Waals surface area contributed by atoms with Crippen molar-refractivity contribution in [3.05, 3.63) is 82.5 Å². The Hall–Kier alpha value is -1.98. The van der Waals surface area contributed by atoms with Crippen molar-refractivity contribution in [2.24, 2.45) is 63.6 Å². The summed E-state index contributed by atoms with van der Waals surface area (Å²) in [6, 6.07) is 10.4. The molecule has 4 N–H and O–H groups in total. The largest absolute Gasteiger partial charge is 0.392 e. The van der Waals surface area contributed by atoms with Gasteiger partial charge in [0.1, 0.15) is 0 Å². The van der Waals surface area contributed by atoms with Crippen LogP contribution in [0.25, 0.3) is 0 Å². The summed E-state index contributed by atoms with van der Waals surface area (Å²) >= 11 is 0. The highest BCUT2D eigenvalue weighted by Crippen LogP contribution is 2.75. The second kappa shape index (κ2) is 11.8. The molecule has 8 aliphatic carbocycles. The zero-order valence-electron chi connectivity index (χ0n) is 32.8. The third-order valence-corrected chi connectivity index (χ3v) is 18.2. The van der Waals surface area contributed by atoms with Crippen molar-refractivity contribution in [1.82, 2.24) is 10.6 Å². The first kappa shape index (κ1) is 34.5. The summed E-state index contributed by atoms with van der Waals surface area (Å²) in [6.07, 6.45) is 21.8. The van der Waals surface area contributed by atoms with Crippen LogP contribution in [0.2, 0.25) is 0 Å². The van der Waals surface area contributed by atoms with E-state index in [9.17, 15) is 10.2 Å². The number of nitrogens with one attached hydrogen (secondary N) is 2. The highest BCUT2D eigenvalue weighted by molar-refractivity contribution is 5.48. The smallest absolute Gasteiger partial charge is 0.0696 e. The van der Waals surface area contributed by atoms with Gasteiger partial charge >= 0.3 is 0 Å². The molecule has 1 aromatic carbocycles. The predicted molar refractivity (Wildman–Crippen MR) is 210 cm³/mol. The zero-order chi connectivity index (χ0) is 35.9. The molecule has 1 aliphatic heterocycles. The Balaban J connectivity index is 1.06. The van der Waals surface area contributed by atoms with Crippen LogP contribution in [0.5, 0.6) is 0 Å². The van der Waals surface area contributed by atoms with E-state index in [0.717, 1.165) is 31.1 Å². The van der Waals surface area contributed by atoms with Gasteiger partial charge in [-0.25, -0.2) is 0 Å². The Morgan fingerprint density at radius 1 is 1.02 bits per heavy atom. The van der Waals surface area contributed by atoms with Gasteiger partial charge in [0.2, 0.25) is 0 Å². The molecule has 1 heterocycles. The molecular weight excluding hydrogens is 637 g/mol. The minimum Gasteiger partial charge on any atom is -0.392 e. The van der Waals surface area contributed by atoms with E-state index in [0.29, 0.717) is 48.1 Å². The summed E-state index contributed by atoms with van der Waals surface area (Å²) < 4.78 is 0. The van der Waals surface area contributed by atoms with Crippen LogP contribution in [-0.4, -0.2) is 46.6 Å². The van der Waals surface area contributed by atoms with Gasteiger partial charge in [-0.05, 0) is 174 Å². The van der Waals surface area contributed by atoms with Gasteiger partial charge in [0, 0.05) is 29.6 Å². The minimum absolute atomic E-state index is 0.0695. The van der Waals surface area contributed by atoms with Crippen molar-refractivity contribution >= 4 is 0 Å². The first-order valence-electron chi connectivity index (χ1n) is 21.5. The number of allylic oxidation sites excluding steroid dienone is 6. The van der Waals surface area contributed by atoms with E-state index in [1.54, 1.807) is 27.8 Å². The Labute approximate surface area is 314 Å². The second-order valence-corrected chi connectivity index (χ2v) is 21.0. The van der Waals surface area contributed by atoms with Gasteiger partial charge in [-0.1, -0.05) is 78.3 Å². The molecule has 0 radical (unpaired) electrons. The maximum absolute atomic E-state index is 11.5. The summed E-state index contributed by atoms with van der Waals surface area (Å²) in [5.74, 6) is 5.29. The number of piperidine rings is 1. The Bertz CT molecular complexity index is 1760. The number of aliphatic hydroxyl groups is 2. The van der Waals surface area contributed by atoms with Crippen LogP contribution in [-0.2, 0) is 12.8 Å². The monoisotopic (exact) mass is 703 g/mol. The third kappa shape index (κ3) is 4.85. The second-order valence-electron chi connectivity index (χ2n) is 21.0. The maximum atomic E-state index is 11.5. The van der Waals surface area contributed by atoms with Gasteiger partial charge in [0.15, 0.2) is 0 Å². The van der Waals surface area contributed by atoms with Crippen molar-refractivity contribution in [1.29, 1.82) is 0 Å². The van der Waals surface area contributed by atoms with Crippen LogP contribution in [0.4, 0.5) is 0 Å². The summed E-state index contributed by atoms with van der Waals surface area (Å²) in [6.45, 7) is 17.2. The molecule has 52 heavy (non-hydrogen) atoms. The number of fused-ring (bicyclic) bond motifs is 14. The molecule has 1 saturated heterocycles. The zero-order valence-corrected chi connectivity index (χ0v) is 32.8. The SMILES string of the molecule is C=C(C)[C@@]12C=C[C@H]3C[C@H]4Cc5cccc(c5)C[C@H]5C[C@@H](N[C@]6(C)[C@H]7[C@H](C[C@H]8C[C@@H](NC[C@H](C)O)[C@H](O)C[C@H]87)C[C@H]56)C5=CC(C)=C(C1)[C@](C)(C5)[C@@]3(C4)C2. The molecule has 4 nitrogen and oxygen atoms in total.